The van der Waals surface area contributed by atoms with Gasteiger partial charge in [-0.2, -0.15) is 0 Å². The number of piperidine rings is 3. The van der Waals surface area contributed by atoms with Crippen molar-refractivity contribution in [2.75, 3.05) is 38.6 Å². The van der Waals surface area contributed by atoms with Crippen molar-refractivity contribution in [1.29, 1.82) is 0 Å². The fourth-order valence-electron chi connectivity index (χ4n) is 4.27. The van der Waals surface area contributed by atoms with Gasteiger partial charge < -0.3 is 20.3 Å². The van der Waals surface area contributed by atoms with E-state index in [-0.39, 0.29) is 5.54 Å². The summed E-state index contributed by atoms with van der Waals surface area (Å²) >= 11 is 1.63. The van der Waals surface area contributed by atoms with E-state index in [1.54, 1.807) is 18.4 Å². The van der Waals surface area contributed by atoms with Gasteiger partial charge in [0.25, 0.3) is 0 Å². The maximum absolute atomic E-state index is 5.29. The molecule has 1 aromatic carbocycles. The Kier molecular flexibility index (Phi) is 3.21. The number of hydrogen-bond donors (Lipinski definition) is 2. The zero-order chi connectivity index (χ0) is 16.1. The van der Waals surface area contributed by atoms with E-state index in [0.29, 0.717) is 5.92 Å². The largest absolute Gasteiger partial charge is 0.497 e. The summed E-state index contributed by atoms with van der Waals surface area (Å²) in [5, 5.41) is 7.73. The van der Waals surface area contributed by atoms with E-state index in [0.717, 1.165) is 40.1 Å². The predicted octanol–water partition coefficient (Wildman–Crippen LogP) is 2.14. The highest BCUT2D eigenvalue weighted by molar-refractivity contribution is 7.22. The monoisotopic (exact) mass is 343 g/mol. The minimum atomic E-state index is 0.0682. The van der Waals surface area contributed by atoms with Gasteiger partial charge in [0.2, 0.25) is 0 Å². The Morgan fingerprint density at radius 3 is 3.00 bits per heavy atom. The summed E-state index contributed by atoms with van der Waals surface area (Å²) in [5.74, 6) is 2.45. The normalized spacial score (nSPS) is 31.3. The number of ether oxygens (including phenoxy) is 1. The second kappa shape index (κ2) is 5.32. The van der Waals surface area contributed by atoms with Crippen molar-refractivity contribution in [1.82, 2.24) is 15.2 Å². The third-order valence-corrected chi connectivity index (χ3v) is 6.50. The van der Waals surface area contributed by atoms with E-state index in [9.17, 15) is 0 Å². The lowest BCUT2D eigenvalue weighted by Crippen LogP contribution is -2.59. The summed E-state index contributed by atoms with van der Waals surface area (Å²) in [4.78, 5) is 12.3. The van der Waals surface area contributed by atoms with Crippen LogP contribution < -0.4 is 15.4 Å². The number of anilines is 1. The number of hydrogen-bond acceptors (Lipinski definition) is 7. The molecule has 5 heterocycles. The van der Waals surface area contributed by atoms with Crippen LogP contribution >= 0.6 is 11.3 Å². The first-order chi connectivity index (χ1) is 11.7. The summed E-state index contributed by atoms with van der Waals surface area (Å²) in [6, 6.07) is 5.96. The Labute approximate surface area is 144 Å². The van der Waals surface area contributed by atoms with Crippen molar-refractivity contribution in [3.8, 4) is 5.75 Å². The van der Waals surface area contributed by atoms with E-state index in [1.807, 2.05) is 18.2 Å². The molecule has 2 N–H and O–H groups in total. The van der Waals surface area contributed by atoms with Crippen LogP contribution in [0.1, 0.15) is 12.8 Å². The number of rotatable bonds is 2. The van der Waals surface area contributed by atoms with Crippen molar-refractivity contribution >= 4 is 32.6 Å². The van der Waals surface area contributed by atoms with Gasteiger partial charge in [0.1, 0.15) is 5.75 Å². The summed E-state index contributed by atoms with van der Waals surface area (Å²) in [5.41, 5.74) is 1.05. The fraction of sp³-hybridized carbons (Fsp3) is 0.529. The number of aliphatic imine (C=N–C) groups is 1. The smallest absolute Gasteiger partial charge is 0.198 e. The van der Waals surface area contributed by atoms with Crippen molar-refractivity contribution in [3.05, 3.63) is 18.2 Å². The highest BCUT2D eigenvalue weighted by Crippen LogP contribution is 2.40. The first-order valence-electron chi connectivity index (χ1n) is 8.52. The van der Waals surface area contributed by atoms with Crippen LogP contribution in [0.3, 0.4) is 0 Å². The summed E-state index contributed by atoms with van der Waals surface area (Å²) in [6.45, 7) is 4.51. The van der Waals surface area contributed by atoms with E-state index in [2.05, 4.69) is 20.5 Å². The van der Waals surface area contributed by atoms with Crippen LogP contribution in [0.5, 0.6) is 5.75 Å². The lowest BCUT2D eigenvalue weighted by atomic mass is 9.73. The van der Waals surface area contributed by atoms with Crippen LogP contribution in [0, 0.1) is 5.92 Å². The predicted molar refractivity (Wildman–Crippen MR) is 97.1 cm³/mol. The molecule has 1 unspecified atom stereocenters. The molecule has 1 aromatic heterocycles. The number of methoxy groups -OCH3 is 1. The van der Waals surface area contributed by atoms with Gasteiger partial charge in [-0.25, -0.2) is 9.98 Å². The van der Waals surface area contributed by atoms with E-state index < -0.39 is 0 Å². The molecular formula is C17H21N5OS. The van der Waals surface area contributed by atoms with Gasteiger partial charge in [-0.15, -0.1) is 0 Å². The van der Waals surface area contributed by atoms with E-state index in [1.165, 1.54) is 25.9 Å². The maximum atomic E-state index is 5.29. The molecule has 1 atom stereocenters. The quantitative estimate of drug-likeness (QED) is 0.875. The number of fused-ring (bicyclic) bond motifs is 3. The number of thiazole rings is 1. The van der Waals surface area contributed by atoms with Crippen molar-refractivity contribution in [3.63, 3.8) is 0 Å². The molecule has 6 nitrogen and oxygen atoms in total. The van der Waals surface area contributed by atoms with Gasteiger partial charge in [0.15, 0.2) is 11.1 Å². The third kappa shape index (κ3) is 2.26. The number of benzene rings is 1. The molecule has 6 rings (SSSR count). The Morgan fingerprint density at radius 2 is 2.25 bits per heavy atom. The van der Waals surface area contributed by atoms with Gasteiger partial charge in [-0.1, -0.05) is 11.3 Å². The maximum Gasteiger partial charge on any atom is 0.198 e. The molecule has 4 aliphatic heterocycles. The van der Waals surface area contributed by atoms with Crippen LogP contribution in [-0.4, -0.2) is 54.7 Å². The number of guanidine groups is 1. The average Bonchev–Trinajstić information content (AvgIpc) is 3.19. The standard InChI is InChI=1S/C17H21N5OS/c1-23-12-2-3-13-14(8-12)24-16(19-13)20-15-18-9-17(21-15)10-22-6-4-11(17)5-7-22/h2-3,8,11H,4-7,9-10H2,1H3,(H2,18,19,20,21). The SMILES string of the molecule is COc1ccc2nc(NC3=NC4(CN3)CN3CCC4CC3)sc2c1. The third-order valence-electron chi connectivity index (χ3n) is 5.56. The first-order valence-corrected chi connectivity index (χ1v) is 9.33. The minimum Gasteiger partial charge on any atom is -0.497 e. The molecule has 0 amide bonds. The van der Waals surface area contributed by atoms with E-state index in [4.69, 9.17) is 9.73 Å². The van der Waals surface area contributed by atoms with Crippen molar-refractivity contribution in [2.24, 2.45) is 10.9 Å². The van der Waals surface area contributed by atoms with E-state index >= 15 is 0 Å². The lowest BCUT2D eigenvalue weighted by molar-refractivity contribution is 0.0374. The molecule has 3 fully saturated rings. The number of aromatic nitrogens is 1. The molecule has 7 heteroatoms. The summed E-state index contributed by atoms with van der Waals surface area (Å²) in [7, 11) is 1.69. The molecule has 0 radical (unpaired) electrons. The molecule has 126 valence electrons. The zero-order valence-electron chi connectivity index (χ0n) is 13.7. The second-order valence-corrected chi connectivity index (χ2v) is 7.98. The van der Waals surface area contributed by atoms with Crippen LogP contribution in [0.2, 0.25) is 0 Å². The molecule has 24 heavy (non-hydrogen) atoms. The fourth-order valence-corrected chi connectivity index (χ4v) is 5.16. The Morgan fingerprint density at radius 1 is 1.38 bits per heavy atom. The Bertz CT molecular complexity index is 810. The van der Waals surface area contributed by atoms with Gasteiger partial charge in [0.05, 0.1) is 22.9 Å². The molecule has 0 aliphatic carbocycles. The number of nitrogens with zero attached hydrogens (tertiary/aromatic N) is 3. The van der Waals surface area contributed by atoms with Gasteiger partial charge >= 0.3 is 0 Å². The van der Waals surface area contributed by atoms with Gasteiger partial charge in [-0.3, -0.25) is 0 Å². The second-order valence-electron chi connectivity index (χ2n) is 6.95. The Hall–Kier alpha value is -1.86. The van der Waals surface area contributed by atoms with Crippen LogP contribution in [0.25, 0.3) is 10.2 Å². The van der Waals surface area contributed by atoms with Gasteiger partial charge in [-0.05, 0) is 50.0 Å². The average molecular weight is 343 g/mol. The van der Waals surface area contributed by atoms with Crippen LogP contribution in [0.4, 0.5) is 5.13 Å². The van der Waals surface area contributed by atoms with Crippen LogP contribution in [-0.2, 0) is 0 Å². The lowest BCUT2D eigenvalue weighted by Gasteiger charge is -2.49. The molecule has 0 saturated carbocycles. The van der Waals surface area contributed by atoms with Crippen molar-refractivity contribution < 1.29 is 4.74 Å². The van der Waals surface area contributed by atoms with Crippen molar-refractivity contribution in [2.45, 2.75) is 18.4 Å². The summed E-state index contributed by atoms with van der Waals surface area (Å²) in [6.07, 6.45) is 2.55. The molecular weight excluding hydrogens is 322 g/mol. The highest BCUT2D eigenvalue weighted by atomic mass is 32.1. The topological polar surface area (TPSA) is 61.8 Å². The molecule has 1 spiro atoms. The number of nitrogens with one attached hydrogen (secondary N) is 2. The zero-order valence-corrected chi connectivity index (χ0v) is 14.5. The molecule has 4 aliphatic rings. The Balaban J connectivity index is 1.39. The summed E-state index contributed by atoms with van der Waals surface area (Å²) < 4.78 is 6.40. The molecule has 3 saturated heterocycles. The highest BCUT2D eigenvalue weighted by Gasteiger charge is 2.49. The van der Waals surface area contributed by atoms with Crippen LogP contribution in [0.15, 0.2) is 23.2 Å². The molecule has 2 bridgehead atoms. The first kappa shape index (κ1) is 14.5. The minimum absolute atomic E-state index is 0.0682. The van der Waals surface area contributed by atoms with Gasteiger partial charge in [0, 0.05) is 13.1 Å². The molecule has 2 aromatic rings.